The van der Waals surface area contributed by atoms with Gasteiger partial charge in [-0.15, -0.1) is 0 Å². The van der Waals surface area contributed by atoms with Gasteiger partial charge in [-0.25, -0.2) is 0 Å². The van der Waals surface area contributed by atoms with E-state index < -0.39 is 0 Å². The number of carbonyl (C=O) groups is 1. The van der Waals surface area contributed by atoms with E-state index in [1.807, 2.05) is 6.08 Å². The van der Waals surface area contributed by atoms with Gasteiger partial charge in [0.15, 0.2) is 6.29 Å². The molecule has 4 nitrogen and oxygen atoms in total. The lowest BCUT2D eigenvalue weighted by Gasteiger charge is -2.27. The summed E-state index contributed by atoms with van der Waals surface area (Å²) >= 11 is 0. The first-order valence-corrected chi connectivity index (χ1v) is 4.17. The first-order chi connectivity index (χ1) is 6.29. The van der Waals surface area contributed by atoms with Crippen LogP contribution >= 0.6 is 0 Å². The smallest absolute Gasteiger partial charge is 0.166 e. The molecule has 0 aromatic rings. The van der Waals surface area contributed by atoms with E-state index >= 15 is 0 Å². The molecule has 2 aliphatic heterocycles. The molecule has 0 spiro atoms. The summed E-state index contributed by atoms with van der Waals surface area (Å²) in [5, 5.41) is 14.1. The van der Waals surface area contributed by atoms with Gasteiger partial charge in [-0.3, -0.25) is 4.79 Å². The topological polar surface area (TPSA) is 56.6 Å². The normalized spacial score (nSPS) is 26.2. The highest BCUT2D eigenvalue weighted by atomic mass is 16.5. The van der Waals surface area contributed by atoms with Crippen molar-refractivity contribution in [2.75, 3.05) is 6.54 Å². The number of quaternary nitrogens is 1. The van der Waals surface area contributed by atoms with Gasteiger partial charge in [0.05, 0.1) is 17.9 Å². The second-order valence-electron chi connectivity index (χ2n) is 3.08. The minimum absolute atomic E-state index is 0.117. The summed E-state index contributed by atoms with van der Waals surface area (Å²) in [7, 11) is 0. The molecule has 0 aromatic heterocycles. The van der Waals surface area contributed by atoms with Crippen LogP contribution in [0.1, 0.15) is 6.42 Å². The van der Waals surface area contributed by atoms with Crippen LogP contribution in [-0.2, 0) is 4.79 Å². The first kappa shape index (κ1) is 8.22. The van der Waals surface area contributed by atoms with Crippen molar-refractivity contribution in [2.24, 2.45) is 0 Å². The number of nitrogens with one attached hydrogen (secondary N) is 2. The third-order valence-electron chi connectivity index (χ3n) is 2.16. The Morgan fingerprint density at radius 3 is 3.15 bits per heavy atom. The number of hydroxylamine groups is 2. The number of aldehydes is 1. The molecule has 13 heavy (non-hydrogen) atoms. The van der Waals surface area contributed by atoms with Crippen molar-refractivity contribution in [1.82, 2.24) is 5.32 Å². The fourth-order valence-electron chi connectivity index (χ4n) is 1.46. The van der Waals surface area contributed by atoms with Crippen LogP contribution in [0.3, 0.4) is 0 Å². The third-order valence-corrected chi connectivity index (χ3v) is 2.16. The number of hydrogen-bond acceptors (Lipinski definition) is 3. The first-order valence-electron chi connectivity index (χ1n) is 4.17. The maximum absolute atomic E-state index is 11.1. The number of rotatable bonds is 1. The second-order valence-corrected chi connectivity index (χ2v) is 3.08. The number of fused-ring (bicyclic) bond motifs is 1. The molecule has 1 unspecified atom stereocenters. The molecule has 2 N–H and O–H groups in total. The quantitative estimate of drug-likeness (QED) is 0.409. The third kappa shape index (κ3) is 1.54. The standard InChI is InChI=1S/C9H10N2O2/c12-6-8-2-1-7-3-4-11(13)5-9(7)10-8/h1-2,5-6,10-11H,3-4H2. The summed E-state index contributed by atoms with van der Waals surface area (Å²) < 4.78 is 0. The van der Waals surface area contributed by atoms with E-state index in [1.54, 1.807) is 12.3 Å². The van der Waals surface area contributed by atoms with Gasteiger partial charge in [0.25, 0.3) is 0 Å². The van der Waals surface area contributed by atoms with E-state index in [0.29, 0.717) is 12.2 Å². The van der Waals surface area contributed by atoms with Gasteiger partial charge in [0.2, 0.25) is 0 Å². The van der Waals surface area contributed by atoms with Crippen molar-refractivity contribution in [3.05, 3.63) is 40.5 Å². The monoisotopic (exact) mass is 178 g/mol. The molecule has 68 valence electrons. The molecule has 0 radical (unpaired) electrons. The van der Waals surface area contributed by atoms with E-state index in [4.69, 9.17) is 0 Å². The summed E-state index contributed by atoms with van der Waals surface area (Å²) in [6.45, 7) is 0.571. The van der Waals surface area contributed by atoms with Crippen molar-refractivity contribution in [3.63, 3.8) is 0 Å². The van der Waals surface area contributed by atoms with Gasteiger partial charge in [-0.05, 0) is 11.6 Å². The molecule has 0 saturated heterocycles. The largest absolute Gasteiger partial charge is 0.629 e. The average molecular weight is 178 g/mol. The van der Waals surface area contributed by atoms with E-state index in [-0.39, 0.29) is 5.06 Å². The Balaban J connectivity index is 2.30. The molecule has 0 saturated carbocycles. The lowest BCUT2D eigenvalue weighted by Crippen LogP contribution is -3.03. The van der Waals surface area contributed by atoms with Gasteiger partial charge in [0.1, 0.15) is 6.20 Å². The van der Waals surface area contributed by atoms with Crippen molar-refractivity contribution < 1.29 is 9.86 Å². The Kier molecular flexibility index (Phi) is 2.00. The zero-order valence-electron chi connectivity index (χ0n) is 7.04. The zero-order valence-corrected chi connectivity index (χ0v) is 7.04. The van der Waals surface area contributed by atoms with Crippen LogP contribution in [0.25, 0.3) is 0 Å². The lowest BCUT2D eigenvalue weighted by molar-refractivity contribution is -0.793. The van der Waals surface area contributed by atoms with Crippen molar-refractivity contribution in [3.8, 4) is 0 Å². The van der Waals surface area contributed by atoms with Crippen LogP contribution in [0.5, 0.6) is 0 Å². The minimum Gasteiger partial charge on any atom is -0.629 e. The van der Waals surface area contributed by atoms with E-state index in [9.17, 15) is 10.0 Å². The van der Waals surface area contributed by atoms with E-state index in [1.165, 1.54) is 0 Å². The van der Waals surface area contributed by atoms with Gasteiger partial charge in [-0.2, -0.15) is 0 Å². The van der Waals surface area contributed by atoms with Crippen LogP contribution < -0.4 is 10.4 Å². The van der Waals surface area contributed by atoms with E-state index in [0.717, 1.165) is 24.0 Å². The number of dihydropyridines is 1. The SMILES string of the molecule is O=CC1=CC=C2CC[NH+]([O-])C=C2N1. The van der Waals surface area contributed by atoms with Crippen LogP contribution in [-0.4, -0.2) is 12.8 Å². The summed E-state index contributed by atoms with van der Waals surface area (Å²) in [5.74, 6) is 0. The van der Waals surface area contributed by atoms with Crippen molar-refractivity contribution in [1.29, 1.82) is 0 Å². The summed E-state index contributed by atoms with van der Waals surface area (Å²) in [4.78, 5) is 10.4. The number of carbonyl (C=O) groups excluding carboxylic acids is 1. The molecule has 2 rings (SSSR count). The molecule has 2 aliphatic rings. The molecule has 0 fully saturated rings. The summed E-state index contributed by atoms with van der Waals surface area (Å²) in [6.07, 6.45) is 6.69. The predicted octanol–water partition coefficient (Wildman–Crippen LogP) is -0.773. The molecule has 4 heteroatoms. The summed E-state index contributed by atoms with van der Waals surface area (Å²) in [5.41, 5.74) is 2.38. The molecule has 0 aromatic carbocycles. The van der Waals surface area contributed by atoms with Crippen molar-refractivity contribution in [2.45, 2.75) is 6.42 Å². The van der Waals surface area contributed by atoms with Crippen LogP contribution in [0.4, 0.5) is 0 Å². The van der Waals surface area contributed by atoms with Gasteiger partial charge >= 0.3 is 0 Å². The predicted molar refractivity (Wildman–Crippen MR) is 47.3 cm³/mol. The maximum Gasteiger partial charge on any atom is 0.166 e. The molecular weight excluding hydrogens is 168 g/mol. The second kappa shape index (κ2) is 3.16. The Morgan fingerprint density at radius 2 is 2.38 bits per heavy atom. The summed E-state index contributed by atoms with van der Waals surface area (Å²) in [6, 6.07) is 0. The van der Waals surface area contributed by atoms with Crippen LogP contribution in [0, 0.1) is 5.21 Å². The highest BCUT2D eigenvalue weighted by Gasteiger charge is 2.17. The number of hydrogen-bond donors (Lipinski definition) is 2. The van der Waals surface area contributed by atoms with Crippen molar-refractivity contribution >= 4 is 6.29 Å². The van der Waals surface area contributed by atoms with E-state index in [2.05, 4.69) is 5.32 Å². The maximum atomic E-state index is 11.1. The Morgan fingerprint density at radius 1 is 1.54 bits per heavy atom. The molecule has 0 bridgehead atoms. The minimum atomic E-state index is 0.117. The Hall–Kier alpha value is -1.39. The highest BCUT2D eigenvalue weighted by molar-refractivity contribution is 5.75. The Bertz CT molecular complexity index is 329. The van der Waals surface area contributed by atoms with Crippen LogP contribution in [0.2, 0.25) is 0 Å². The molecule has 0 aliphatic carbocycles. The van der Waals surface area contributed by atoms with Gasteiger partial charge < -0.3 is 15.6 Å². The van der Waals surface area contributed by atoms with Gasteiger partial charge in [-0.1, -0.05) is 6.08 Å². The molecule has 2 heterocycles. The highest BCUT2D eigenvalue weighted by Crippen LogP contribution is 2.17. The average Bonchev–Trinajstić information content (AvgIpc) is 2.16. The fraction of sp³-hybridized carbons (Fsp3) is 0.222. The molecular formula is C9H10N2O2. The fourth-order valence-corrected chi connectivity index (χ4v) is 1.46. The lowest BCUT2D eigenvalue weighted by atomic mass is 10.0. The number of allylic oxidation sites excluding steroid dienone is 4. The molecule has 0 amide bonds. The van der Waals surface area contributed by atoms with Gasteiger partial charge in [0, 0.05) is 6.42 Å². The molecule has 1 atom stereocenters. The Labute approximate surface area is 75.8 Å². The zero-order chi connectivity index (χ0) is 9.26. The van der Waals surface area contributed by atoms with Crippen LogP contribution in [0.15, 0.2) is 35.3 Å².